The minimum absolute atomic E-state index is 0.185. The Kier molecular flexibility index (Phi) is 8.69. The lowest BCUT2D eigenvalue weighted by atomic mass is 9.93. The van der Waals surface area contributed by atoms with Gasteiger partial charge in [-0.2, -0.15) is 0 Å². The molecule has 0 bridgehead atoms. The number of benzene rings is 3. The molecule has 0 spiro atoms. The van der Waals surface area contributed by atoms with Crippen LogP contribution in [0.2, 0.25) is 0 Å². The molecule has 3 aromatic carbocycles. The second-order valence-electron chi connectivity index (χ2n) is 10.0. The summed E-state index contributed by atoms with van der Waals surface area (Å²) in [6.07, 6.45) is 1.22. The van der Waals surface area contributed by atoms with E-state index in [4.69, 9.17) is 4.74 Å². The van der Waals surface area contributed by atoms with E-state index < -0.39 is 10.0 Å². The third-order valence-corrected chi connectivity index (χ3v) is 7.80. The Morgan fingerprint density at radius 1 is 0.919 bits per heavy atom. The highest BCUT2D eigenvalue weighted by Crippen LogP contribution is 2.32. The van der Waals surface area contributed by atoms with E-state index in [0.717, 1.165) is 39.1 Å². The van der Waals surface area contributed by atoms with Crippen LogP contribution in [0.25, 0.3) is 0 Å². The van der Waals surface area contributed by atoms with Gasteiger partial charge in [-0.3, -0.25) is 9.10 Å². The van der Waals surface area contributed by atoms with E-state index >= 15 is 0 Å². The smallest absolute Gasteiger partial charge is 0.251 e. The van der Waals surface area contributed by atoms with Crippen molar-refractivity contribution in [1.29, 1.82) is 0 Å². The van der Waals surface area contributed by atoms with Crippen molar-refractivity contribution in [2.24, 2.45) is 0 Å². The number of nitrogens with zero attached hydrogens (tertiary/aromatic N) is 1. The van der Waals surface area contributed by atoms with Crippen LogP contribution in [0.4, 0.5) is 5.69 Å². The van der Waals surface area contributed by atoms with Crippen LogP contribution in [-0.4, -0.2) is 27.7 Å². The van der Waals surface area contributed by atoms with Crippen LogP contribution >= 0.6 is 0 Å². The van der Waals surface area contributed by atoms with Gasteiger partial charge in [0.05, 0.1) is 31.6 Å². The number of sulfonamides is 1. The minimum atomic E-state index is -3.51. The van der Waals surface area contributed by atoms with E-state index in [0.29, 0.717) is 17.2 Å². The molecule has 0 aliphatic heterocycles. The van der Waals surface area contributed by atoms with Gasteiger partial charge in [-0.05, 0) is 91.3 Å². The SMILES string of the molecule is COc1cc(C)c(C(C)NC(=O)c2ccc(CN(c3c(C)cccc3C)S(C)(=O)=O)cc2)cc1C(C)C. The summed E-state index contributed by atoms with van der Waals surface area (Å²) in [6, 6.07) is 16.8. The van der Waals surface area contributed by atoms with Crippen molar-refractivity contribution in [2.75, 3.05) is 17.7 Å². The van der Waals surface area contributed by atoms with E-state index in [-0.39, 0.29) is 18.5 Å². The predicted octanol–water partition coefficient (Wildman–Crippen LogP) is 6.20. The molecule has 0 aliphatic rings. The summed E-state index contributed by atoms with van der Waals surface area (Å²) >= 11 is 0. The van der Waals surface area contributed by atoms with E-state index in [9.17, 15) is 13.2 Å². The van der Waals surface area contributed by atoms with Gasteiger partial charge in [-0.25, -0.2) is 8.42 Å². The fraction of sp³-hybridized carbons (Fsp3) is 0.367. The maximum Gasteiger partial charge on any atom is 0.251 e. The highest BCUT2D eigenvalue weighted by molar-refractivity contribution is 7.92. The van der Waals surface area contributed by atoms with Crippen LogP contribution in [0.3, 0.4) is 0 Å². The summed E-state index contributed by atoms with van der Waals surface area (Å²) in [5.41, 5.74) is 7.00. The Bertz CT molecular complexity index is 1360. The number of hydrogen-bond acceptors (Lipinski definition) is 4. The Morgan fingerprint density at radius 2 is 1.51 bits per heavy atom. The van der Waals surface area contributed by atoms with Gasteiger partial charge in [-0.1, -0.05) is 44.2 Å². The Morgan fingerprint density at radius 3 is 2.03 bits per heavy atom. The lowest BCUT2D eigenvalue weighted by Gasteiger charge is -2.26. The zero-order valence-electron chi connectivity index (χ0n) is 23.0. The van der Waals surface area contributed by atoms with Gasteiger partial charge >= 0.3 is 0 Å². The van der Waals surface area contributed by atoms with E-state index in [1.165, 1.54) is 10.6 Å². The molecular formula is C30H38N2O4S. The standard InChI is InChI=1S/C30H38N2O4S/c1-19(2)26-17-27(22(5)16-28(26)36-7)23(6)31-30(33)25-14-12-24(13-15-25)18-32(37(8,34)35)29-20(3)10-9-11-21(29)4/h9-17,19,23H,18H2,1-8H3,(H,31,33). The molecule has 3 rings (SSSR count). The van der Waals surface area contributed by atoms with Crippen LogP contribution in [0.15, 0.2) is 54.6 Å². The van der Waals surface area contributed by atoms with Crippen molar-refractivity contribution in [3.63, 3.8) is 0 Å². The monoisotopic (exact) mass is 522 g/mol. The first-order chi connectivity index (χ1) is 17.3. The fourth-order valence-corrected chi connectivity index (χ4v) is 5.66. The molecule has 0 radical (unpaired) electrons. The quantitative estimate of drug-likeness (QED) is 0.363. The number of nitrogens with one attached hydrogen (secondary N) is 1. The summed E-state index contributed by atoms with van der Waals surface area (Å²) < 4.78 is 32.3. The molecule has 0 aliphatic carbocycles. The van der Waals surface area contributed by atoms with E-state index in [1.54, 1.807) is 31.4 Å². The van der Waals surface area contributed by atoms with Crippen molar-refractivity contribution in [3.05, 3.63) is 93.5 Å². The highest BCUT2D eigenvalue weighted by Gasteiger charge is 2.22. The van der Waals surface area contributed by atoms with Crippen LogP contribution in [-0.2, 0) is 16.6 Å². The van der Waals surface area contributed by atoms with Gasteiger partial charge in [0, 0.05) is 5.56 Å². The second-order valence-corrected chi connectivity index (χ2v) is 11.9. The van der Waals surface area contributed by atoms with Crippen LogP contribution < -0.4 is 14.4 Å². The molecule has 0 saturated carbocycles. The molecule has 6 nitrogen and oxygen atoms in total. The van der Waals surface area contributed by atoms with E-state index in [2.05, 4.69) is 25.2 Å². The first-order valence-electron chi connectivity index (χ1n) is 12.5. The van der Waals surface area contributed by atoms with Crippen molar-refractivity contribution in [2.45, 2.75) is 60.0 Å². The fourth-order valence-electron chi connectivity index (χ4n) is 4.66. The van der Waals surface area contributed by atoms with Crippen LogP contribution in [0.1, 0.15) is 76.5 Å². The summed E-state index contributed by atoms with van der Waals surface area (Å²) in [7, 11) is -1.83. The van der Waals surface area contributed by atoms with Crippen molar-refractivity contribution in [1.82, 2.24) is 5.32 Å². The average Bonchev–Trinajstić information content (AvgIpc) is 2.82. The van der Waals surface area contributed by atoms with Gasteiger partial charge in [0.1, 0.15) is 5.75 Å². The molecular weight excluding hydrogens is 484 g/mol. The summed E-state index contributed by atoms with van der Waals surface area (Å²) in [5, 5.41) is 3.10. The summed E-state index contributed by atoms with van der Waals surface area (Å²) in [5.74, 6) is 0.962. The number of rotatable bonds is 9. The lowest BCUT2D eigenvalue weighted by molar-refractivity contribution is 0.0939. The van der Waals surface area contributed by atoms with Gasteiger partial charge in [0.15, 0.2) is 0 Å². The van der Waals surface area contributed by atoms with E-state index in [1.807, 2.05) is 52.0 Å². The van der Waals surface area contributed by atoms with Crippen LogP contribution in [0, 0.1) is 20.8 Å². The zero-order valence-corrected chi connectivity index (χ0v) is 23.9. The molecule has 7 heteroatoms. The number of ether oxygens (including phenoxy) is 1. The number of para-hydroxylation sites is 1. The first-order valence-corrected chi connectivity index (χ1v) is 14.3. The third kappa shape index (κ3) is 6.52. The molecule has 37 heavy (non-hydrogen) atoms. The molecule has 1 amide bonds. The van der Waals surface area contributed by atoms with Crippen LogP contribution in [0.5, 0.6) is 5.75 Å². The molecule has 1 unspecified atom stereocenters. The minimum Gasteiger partial charge on any atom is -0.496 e. The van der Waals surface area contributed by atoms with Crippen molar-refractivity contribution < 1.29 is 17.9 Å². The number of carbonyl (C=O) groups is 1. The maximum absolute atomic E-state index is 13.0. The number of methoxy groups -OCH3 is 1. The molecule has 1 N–H and O–H groups in total. The Balaban J connectivity index is 1.80. The molecule has 0 aromatic heterocycles. The second kappa shape index (κ2) is 11.4. The zero-order chi connectivity index (χ0) is 27.5. The molecule has 198 valence electrons. The normalized spacial score (nSPS) is 12.4. The van der Waals surface area contributed by atoms with Gasteiger partial charge in [0.25, 0.3) is 5.91 Å². The van der Waals surface area contributed by atoms with Gasteiger partial charge in [0.2, 0.25) is 10.0 Å². The maximum atomic E-state index is 13.0. The largest absolute Gasteiger partial charge is 0.496 e. The molecule has 0 fully saturated rings. The molecule has 1 atom stereocenters. The third-order valence-electron chi connectivity index (χ3n) is 6.69. The lowest BCUT2D eigenvalue weighted by Crippen LogP contribution is -2.30. The number of hydrogen-bond donors (Lipinski definition) is 1. The number of anilines is 1. The van der Waals surface area contributed by atoms with Crippen molar-refractivity contribution in [3.8, 4) is 5.75 Å². The first kappa shape index (κ1) is 28.3. The predicted molar refractivity (Wildman–Crippen MR) is 151 cm³/mol. The topological polar surface area (TPSA) is 75.7 Å². The molecule has 0 saturated heterocycles. The van der Waals surface area contributed by atoms with Gasteiger partial charge < -0.3 is 10.1 Å². The molecule has 3 aromatic rings. The Hall–Kier alpha value is -3.32. The summed E-state index contributed by atoms with van der Waals surface area (Å²) in [4.78, 5) is 13.0. The summed E-state index contributed by atoms with van der Waals surface area (Å²) in [6.45, 7) is 12.2. The molecule has 0 heterocycles. The van der Waals surface area contributed by atoms with Gasteiger partial charge in [-0.15, -0.1) is 0 Å². The number of amides is 1. The number of carbonyl (C=O) groups excluding carboxylic acids is 1. The van der Waals surface area contributed by atoms with Crippen molar-refractivity contribution >= 4 is 21.6 Å². The average molecular weight is 523 g/mol. The Labute approximate surface area is 221 Å². The highest BCUT2D eigenvalue weighted by atomic mass is 32.2. The number of aryl methyl sites for hydroxylation is 3.